The highest BCUT2D eigenvalue weighted by molar-refractivity contribution is 6.42. The highest BCUT2D eigenvalue weighted by atomic mass is 35.5. The molecule has 1 aromatic heterocycles. The van der Waals surface area contributed by atoms with Crippen LogP contribution in [0.2, 0.25) is 10.2 Å². The summed E-state index contributed by atoms with van der Waals surface area (Å²) >= 11 is 11.7. The fourth-order valence-corrected chi connectivity index (χ4v) is 2.96. The van der Waals surface area contributed by atoms with Crippen LogP contribution >= 0.6 is 23.2 Å². The largest absolute Gasteiger partial charge is 0.481 e. The third-order valence-electron chi connectivity index (χ3n) is 3.88. The summed E-state index contributed by atoms with van der Waals surface area (Å²) in [6.07, 6.45) is 3.10. The van der Waals surface area contributed by atoms with Crippen LogP contribution in [-0.2, 0) is 9.59 Å². The topological polar surface area (TPSA) is 92.2 Å². The Morgan fingerprint density at radius 1 is 1.33 bits per heavy atom. The van der Waals surface area contributed by atoms with Crippen molar-refractivity contribution in [2.75, 3.05) is 5.32 Å². The maximum absolute atomic E-state index is 12.3. The van der Waals surface area contributed by atoms with Gasteiger partial charge in [-0.15, -0.1) is 0 Å². The van der Waals surface area contributed by atoms with Crippen LogP contribution in [0.5, 0.6) is 0 Å². The lowest BCUT2D eigenvalue weighted by atomic mass is 9.95. The molecule has 1 unspecified atom stereocenters. The summed E-state index contributed by atoms with van der Waals surface area (Å²) in [5, 5.41) is 11.9. The molecule has 0 bridgehead atoms. The number of aromatic nitrogens is 2. The number of carbonyl (C=O) groups is 2. The molecule has 1 amide bonds. The molecule has 21 heavy (non-hydrogen) atoms. The summed E-state index contributed by atoms with van der Waals surface area (Å²) in [6.45, 7) is 1.99. The van der Waals surface area contributed by atoms with E-state index in [9.17, 15) is 14.7 Å². The SMILES string of the molecule is CCC1C[C@H](C(=O)Nc2ncnc(Cl)c2Cl)[C@H](C(=O)O)C1. The normalized spacial score (nSPS) is 24.8. The molecule has 0 radical (unpaired) electrons. The van der Waals surface area contributed by atoms with E-state index in [2.05, 4.69) is 15.3 Å². The minimum Gasteiger partial charge on any atom is -0.481 e. The van der Waals surface area contributed by atoms with Gasteiger partial charge in [0.05, 0.1) is 11.8 Å². The Morgan fingerprint density at radius 3 is 2.62 bits per heavy atom. The number of carboxylic acids is 1. The molecule has 1 aliphatic carbocycles. The Balaban J connectivity index is 2.15. The number of nitrogens with zero attached hydrogens (tertiary/aromatic N) is 2. The first-order valence-corrected chi connectivity index (χ1v) is 7.39. The molecule has 8 heteroatoms. The molecular weight excluding hydrogens is 317 g/mol. The van der Waals surface area contributed by atoms with E-state index in [1.54, 1.807) is 0 Å². The fraction of sp³-hybridized carbons (Fsp3) is 0.538. The van der Waals surface area contributed by atoms with Gasteiger partial charge in [-0.25, -0.2) is 9.97 Å². The minimum absolute atomic E-state index is 0.0367. The summed E-state index contributed by atoms with van der Waals surface area (Å²) in [4.78, 5) is 31.2. The van der Waals surface area contributed by atoms with Crippen molar-refractivity contribution in [1.82, 2.24) is 9.97 Å². The number of nitrogens with one attached hydrogen (secondary N) is 1. The lowest BCUT2D eigenvalue weighted by Gasteiger charge is -2.15. The van der Waals surface area contributed by atoms with Gasteiger partial charge in [-0.05, 0) is 18.8 Å². The van der Waals surface area contributed by atoms with Crippen LogP contribution < -0.4 is 5.32 Å². The fourth-order valence-electron chi connectivity index (χ4n) is 2.68. The van der Waals surface area contributed by atoms with Crippen LogP contribution in [0.25, 0.3) is 0 Å². The molecule has 3 atom stereocenters. The second-order valence-electron chi connectivity index (χ2n) is 5.11. The molecule has 0 aromatic carbocycles. The molecule has 1 fully saturated rings. The van der Waals surface area contributed by atoms with Gasteiger partial charge < -0.3 is 10.4 Å². The third-order valence-corrected chi connectivity index (χ3v) is 4.62. The average molecular weight is 332 g/mol. The van der Waals surface area contributed by atoms with Gasteiger partial charge in [0.2, 0.25) is 5.91 Å². The quantitative estimate of drug-likeness (QED) is 0.827. The van der Waals surface area contributed by atoms with Crippen molar-refractivity contribution in [3.05, 3.63) is 16.5 Å². The maximum Gasteiger partial charge on any atom is 0.307 e. The summed E-state index contributed by atoms with van der Waals surface area (Å²) in [5.74, 6) is -2.26. The van der Waals surface area contributed by atoms with Gasteiger partial charge in [-0.2, -0.15) is 0 Å². The zero-order chi connectivity index (χ0) is 15.6. The van der Waals surface area contributed by atoms with Crippen LogP contribution in [0, 0.1) is 17.8 Å². The van der Waals surface area contributed by atoms with Gasteiger partial charge in [0.25, 0.3) is 0 Å². The van der Waals surface area contributed by atoms with Crippen molar-refractivity contribution in [3.8, 4) is 0 Å². The highest BCUT2D eigenvalue weighted by Gasteiger charge is 2.42. The highest BCUT2D eigenvalue weighted by Crippen LogP contribution is 2.39. The Labute approximate surface area is 131 Å². The van der Waals surface area contributed by atoms with E-state index in [4.69, 9.17) is 23.2 Å². The first-order valence-electron chi connectivity index (χ1n) is 6.63. The second kappa shape index (κ2) is 6.58. The summed E-state index contributed by atoms with van der Waals surface area (Å²) in [5.41, 5.74) is 0. The van der Waals surface area contributed by atoms with Gasteiger partial charge in [0.15, 0.2) is 11.0 Å². The maximum atomic E-state index is 12.3. The van der Waals surface area contributed by atoms with E-state index in [1.165, 1.54) is 6.33 Å². The second-order valence-corrected chi connectivity index (χ2v) is 5.85. The molecule has 0 spiro atoms. The van der Waals surface area contributed by atoms with E-state index in [1.807, 2.05) is 6.92 Å². The van der Waals surface area contributed by atoms with Crippen molar-refractivity contribution >= 4 is 40.9 Å². The summed E-state index contributed by atoms with van der Waals surface area (Å²) in [7, 11) is 0. The number of hydrogen-bond acceptors (Lipinski definition) is 4. The number of halogens is 2. The number of rotatable bonds is 4. The molecule has 1 aliphatic rings. The smallest absolute Gasteiger partial charge is 0.307 e. The van der Waals surface area contributed by atoms with Crippen molar-refractivity contribution in [3.63, 3.8) is 0 Å². The van der Waals surface area contributed by atoms with E-state index >= 15 is 0 Å². The Morgan fingerprint density at radius 2 is 2.00 bits per heavy atom. The van der Waals surface area contributed by atoms with E-state index in [-0.39, 0.29) is 21.9 Å². The predicted molar refractivity (Wildman–Crippen MR) is 78.3 cm³/mol. The molecule has 1 saturated carbocycles. The molecule has 6 nitrogen and oxygen atoms in total. The standard InChI is InChI=1S/C13H15Cl2N3O3/c1-2-6-3-7(8(4-6)13(20)21)12(19)18-11-9(14)10(15)16-5-17-11/h5-8H,2-4H2,1H3,(H,20,21)(H,16,17,18,19)/t6?,7-,8+/m0/s1. The molecule has 1 aromatic rings. The number of carboxylic acid groups (broad SMARTS) is 1. The van der Waals surface area contributed by atoms with Crippen LogP contribution in [-0.4, -0.2) is 27.0 Å². The molecule has 2 rings (SSSR count). The van der Waals surface area contributed by atoms with E-state index in [0.717, 1.165) is 6.42 Å². The lowest BCUT2D eigenvalue weighted by Crippen LogP contribution is -2.30. The van der Waals surface area contributed by atoms with E-state index in [0.29, 0.717) is 12.8 Å². The van der Waals surface area contributed by atoms with Gasteiger partial charge in [0, 0.05) is 0 Å². The number of anilines is 1. The summed E-state index contributed by atoms with van der Waals surface area (Å²) < 4.78 is 0. The molecular formula is C13H15Cl2N3O3. The first kappa shape index (κ1) is 16.0. The molecule has 114 valence electrons. The molecule has 0 aliphatic heterocycles. The van der Waals surface area contributed by atoms with Gasteiger partial charge in [0.1, 0.15) is 11.3 Å². The monoisotopic (exact) mass is 331 g/mol. The Bertz CT molecular complexity index is 568. The van der Waals surface area contributed by atoms with Crippen molar-refractivity contribution in [1.29, 1.82) is 0 Å². The van der Waals surface area contributed by atoms with Crippen LogP contribution in [0.4, 0.5) is 5.82 Å². The molecule has 0 saturated heterocycles. The van der Waals surface area contributed by atoms with Gasteiger partial charge in [-0.3, -0.25) is 9.59 Å². The van der Waals surface area contributed by atoms with Gasteiger partial charge >= 0.3 is 5.97 Å². The zero-order valence-electron chi connectivity index (χ0n) is 11.3. The van der Waals surface area contributed by atoms with Gasteiger partial charge in [-0.1, -0.05) is 36.5 Å². The number of amides is 1. The average Bonchev–Trinajstić information content (AvgIpc) is 2.88. The number of hydrogen-bond donors (Lipinski definition) is 2. The first-order chi connectivity index (χ1) is 9.93. The van der Waals surface area contributed by atoms with Crippen LogP contribution in [0.1, 0.15) is 26.2 Å². The molecule has 2 N–H and O–H groups in total. The minimum atomic E-state index is -0.946. The third kappa shape index (κ3) is 3.44. The van der Waals surface area contributed by atoms with Crippen LogP contribution in [0.15, 0.2) is 6.33 Å². The Hall–Kier alpha value is -1.40. The van der Waals surface area contributed by atoms with Crippen molar-refractivity contribution < 1.29 is 14.7 Å². The van der Waals surface area contributed by atoms with Crippen molar-refractivity contribution in [2.45, 2.75) is 26.2 Å². The molecule has 1 heterocycles. The van der Waals surface area contributed by atoms with Crippen LogP contribution in [0.3, 0.4) is 0 Å². The zero-order valence-corrected chi connectivity index (χ0v) is 12.9. The number of carbonyl (C=O) groups excluding carboxylic acids is 1. The predicted octanol–water partition coefficient (Wildman–Crippen LogP) is 2.86. The lowest BCUT2D eigenvalue weighted by molar-refractivity contribution is -0.145. The van der Waals surface area contributed by atoms with Crippen molar-refractivity contribution in [2.24, 2.45) is 17.8 Å². The number of aliphatic carboxylic acids is 1. The van der Waals surface area contributed by atoms with E-state index < -0.39 is 23.7 Å². The summed E-state index contributed by atoms with van der Waals surface area (Å²) in [6, 6.07) is 0. The Kier molecular flexibility index (Phi) is 5.00.